The standard InChI is InChI=1S/C8H10OSi2/c10-7-5-3-1-2-4-6(5)9-8(7)11/h1-4H,10-11H3. The van der Waals surface area contributed by atoms with Gasteiger partial charge >= 0.3 is 0 Å². The van der Waals surface area contributed by atoms with E-state index in [-0.39, 0.29) is 0 Å². The van der Waals surface area contributed by atoms with Gasteiger partial charge in [-0.15, -0.1) is 0 Å². The van der Waals surface area contributed by atoms with E-state index in [0.717, 1.165) is 26.1 Å². The van der Waals surface area contributed by atoms with Gasteiger partial charge in [0.2, 0.25) is 0 Å². The molecule has 11 heavy (non-hydrogen) atoms. The van der Waals surface area contributed by atoms with E-state index in [4.69, 9.17) is 4.42 Å². The van der Waals surface area contributed by atoms with Gasteiger partial charge < -0.3 is 4.42 Å². The summed E-state index contributed by atoms with van der Waals surface area (Å²) in [5.41, 5.74) is 1.06. The van der Waals surface area contributed by atoms with Crippen LogP contribution in [0.25, 0.3) is 11.0 Å². The Balaban J connectivity index is 2.92. The second-order valence-electron chi connectivity index (χ2n) is 2.78. The molecule has 0 N–H and O–H groups in total. The highest BCUT2D eigenvalue weighted by atomic mass is 28.2. The van der Waals surface area contributed by atoms with Gasteiger partial charge in [0.15, 0.2) is 0 Å². The third-order valence-electron chi connectivity index (χ3n) is 2.08. The zero-order chi connectivity index (χ0) is 7.84. The van der Waals surface area contributed by atoms with Gasteiger partial charge in [-0.25, -0.2) is 0 Å². The van der Waals surface area contributed by atoms with Crippen LogP contribution in [0.3, 0.4) is 0 Å². The van der Waals surface area contributed by atoms with Crippen LogP contribution in [0.5, 0.6) is 0 Å². The zero-order valence-corrected chi connectivity index (χ0v) is 10.7. The largest absolute Gasteiger partial charge is 0.467 e. The molecule has 0 saturated heterocycles. The summed E-state index contributed by atoms with van der Waals surface area (Å²) in [4.78, 5) is 0. The third-order valence-corrected chi connectivity index (χ3v) is 5.28. The lowest BCUT2D eigenvalue weighted by molar-refractivity contribution is 0.655. The van der Waals surface area contributed by atoms with Crippen LogP contribution in [-0.2, 0) is 0 Å². The Labute approximate surface area is 71.2 Å². The molecule has 2 rings (SSSR count). The summed E-state index contributed by atoms with van der Waals surface area (Å²) >= 11 is 0. The summed E-state index contributed by atoms with van der Waals surface area (Å²) in [5, 5.41) is 3.99. The Hall–Kier alpha value is -0.806. The Bertz CT molecular complexity index is 392. The van der Waals surface area contributed by atoms with Gasteiger partial charge in [-0.1, -0.05) is 18.2 Å². The first-order valence-corrected chi connectivity index (χ1v) is 5.74. The first kappa shape index (κ1) is 6.88. The van der Waals surface area contributed by atoms with Crippen molar-refractivity contribution in [2.75, 3.05) is 0 Å². The molecule has 2 aromatic rings. The Morgan fingerprint density at radius 2 is 1.82 bits per heavy atom. The summed E-state index contributed by atoms with van der Waals surface area (Å²) < 4.78 is 5.60. The summed E-state index contributed by atoms with van der Waals surface area (Å²) in [7, 11) is 2.14. The van der Waals surface area contributed by atoms with Crippen LogP contribution in [0, 0.1) is 0 Å². The maximum atomic E-state index is 5.60. The highest BCUT2D eigenvalue weighted by Crippen LogP contribution is 2.08. The molecule has 1 heterocycles. The van der Waals surface area contributed by atoms with Gasteiger partial charge in [0, 0.05) is 15.6 Å². The molecule has 1 aromatic carbocycles. The summed E-state index contributed by atoms with van der Waals surface area (Å²) in [6, 6.07) is 8.27. The van der Waals surface area contributed by atoms with E-state index in [0.29, 0.717) is 0 Å². The Kier molecular flexibility index (Phi) is 1.47. The molecule has 0 fully saturated rings. The van der Waals surface area contributed by atoms with Crippen LogP contribution in [-0.4, -0.2) is 20.5 Å². The number of benzene rings is 1. The van der Waals surface area contributed by atoms with Gasteiger partial charge in [0.1, 0.15) is 5.58 Å². The number of furan rings is 1. The summed E-state index contributed by atoms with van der Waals surface area (Å²) in [6.07, 6.45) is 0. The third kappa shape index (κ3) is 0.966. The molecule has 56 valence electrons. The van der Waals surface area contributed by atoms with Crippen LogP contribution in [0.2, 0.25) is 0 Å². The van der Waals surface area contributed by atoms with Crippen LogP contribution in [0.15, 0.2) is 28.7 Å². The minimum Gasteiger partial charge on any atom is -0.467 e. The average molecular weight is 178 g/mol. The van der Waals surface area contributed by atoms with E-state index in [9.17, 15) is 0 Å². The molecule has 0 aliphatic rings. The van der Waals surface area contributed by atoms with Gasteiger partial charge in [0.25, 0.3) is 0 Å². The summed E-state index contributed by atoms with van der Waals surface area (Å²) in [6.45, 7) is 0. The molecule has 0 spiro atoms. The van der Waals surface area contributed by atoms with Crippen molar-refractivity contribution in [3.63, 3.8) is 0 Å². The highest BCUT2D eigenvalue weighted by Gasteiger charge is 2.03. The first-order chi connectivity index (χ1) is 5.29. The lowest BCUT2D eigenvalue weighted by Gasteiger charge is -1.85. The average Bonchev–Trinajstić information content (AvgIpc) is 2.30. The Morgan fingerprint density at radius 1 is 1.09 bits per heavy atom. The molecule has 0 saturated carbocycles. The molecule has 1 nitrogen and oxygen atoms in total. The van der Waals surface area contributed by atoms with Gasteiger partial charge in [0.05, 0.1) is 15.6 Å². The molecule has 0 atom stereocenters. The van der Waals surface area contributed by atoms with Crippen LogP contribution in [0.4, 0.5) is 0 Å². The van der Waals surface area contributed by atoms with E-state index in [2.05, 4.69) is 12.1 Å². The molecule has 0 aliphatic carbocycles. The fourth-order valence-electron chi connectivity index (χ4n) is 1.30. The van der Waals surface area contributed by atoms with Crippen molar-refractivity contribution in [1.82, 2.24) is 0 Å². The van der Waals surface area contributed by atoms with E-state index in [1.165, 1.54) is 16.0 Å². The second-order valence-corrected chi connectivity index (χ2v) is 4.69. The molecule has 0 unspecified atom stereocenters. The molecule has 1 aromatic heterocycles. The fraction of sp³-hybridized carbons (Fsp3) is 0. The van der Waals surface area contributed by atoms with Crippen molar-refractivity contribution in [2.45, 2.75) is 0 Å². The minimum atomic E-state index is 1.03. The molecule has 0 bridgehead atoms. The predicted molar refractivity (Wildman–Crippen MR) is 55.4 cm³/mol. The topological polar surface area (TPSA) is 13.1 Å². The monoisotopic (exact) mass is 178 g/mol. The fourth-order valence-corrected chi connectivity index (χ4v) is 2.30. The van der Waals surface area contributed by atoms with Crippen molar-refractivity contribution in [3.8, 4) is 0 Å². The quantitative estimate of drug-likeness (QED) is 0.444. The maximum Gasteiger partial charge on any atom is 0.133 e. The van der Waals surface area contributed by atoms with Gasteiger partial charge in [-0.2, -0.15) is 0 Å². The first-order valence-electron chi connectivity index (χ1n) is 3.74. The van der Waals surface area contributed by atoms with Gasteiger partial charge in [-0.3, -0.25) is 0 Å². The number of hydrogen-bond acceptors (Lipinski definition) is 1. The number of hydrogen-bond donors (Lipinski definition) is 0. The smallest absolute Gasteiger partial charge is 0.133 e. The number of rotatable bonds is 0. The lowest BCUT2D eigenvalue weighted by Crippen LogP contribution is -2.20. The van der Waals surface area contributed by atoms with Crippen LogP contribution >= 0.6 is 0 Å². The molecular formula is C8H10OSi2. The van der Waals surface area contributed by atoms with Crippen LogP contribution in [0.1, 0.15) is 0 Å². The molecular weight excluding hydrogens is 168 g/mol. The summed E-state index contributed by atoms with van der Waals surface area (Å²) in [5.74, 6) is 0. The maximum absolute atomic E-state index is 5.60. The van der Waals surface area contributed by atoms with Crippen molar-refractivity contribution in [3.05, 3.63) is 24.3 Å². The second kappa shape index (κ2) is 2.35. The normalized spacial score (nSPS) is 11.3. The number of fused-ring (bicyclic) bond motifs is 1. The molecule has 0 radical (unpaired) electrons. The SMILES string of the molecule is [SiH3]c1oc2ccccc2c1[SiH3]. The Morgan fingerprint density at radius 3 is 2.55 bits per heavy atom. The van der Waals surface area contributed by atoms with E-state index in [1.54, 1.807) is 0 Å². The van der Waals surface area contributed by atoms with Crippen molar-refractivity contribution in [2.24, 2.45) is 0 Å². The highest BCUT2D eigenvalue weighted by molar-refractivity contribution is 6.51. The minimum absolute atomic E-state index is 1.03. The zero-order valence-electron chi connectivity index (χ0n) is 6.72. The molecule has 0 aliphatic heterocycles. The molecule has 3 heteroatoms. The molecule has 0 amide bonds. The van der Waals surface area contributed by atoms with Crippen LogP contribution < -0.4 is 10.6 Å². The van der Waals surface area contributed by atoms with Gasteiger partial charge in [-0.05, 0) is 11.3 Å². The lowest BCUT2D eigenvalue weighted by atomic mass is 10.3. The van der Waals surface area contributed by atoms with E-state index >= 15 is 0 Å². The predicted octanol–water partition coefficient (Wildman–Crippen LogP) is -1.59. The number of para-hydroxylation sites is 1. The van der Waals surface area contributed by atoms with Crippen molar-refractivity contribution in [1.29, 1.82) is 0 Å². The van der Waals surface area contributed by atoms with E-state index < -0.39 is 0 Å². The van der Waals surface area contributed by atoms with Crippen molar-refractivity contribution < 1.29 is 4.42 Å². The van der Waals surface area contributed by atoms with E-state index in [1.807, 2.05) is 12.1 Å². The van der Waals surface area contributed by atoms with Crippen molar-refractivity contribution >= 4 is 42.0 Å².